The van der Waals surface area contributed by atoms with Crippen LogP contribution in [0.3, 0.4) is 0 Å². The van der Waals surface area contributed by atoms with Gasteiger partial charge in [0.2, 0.25) is 0 Å². The number of benzene rings is 1. The van der Waals surface area contributed by atoms with Crippen LogP contribution < -0.4 is 10.6 Å². The molecule has 18 heavy (non-hydrogen) atoms. The first-order valence-electron chi connectivity index (χ1n) is 6.03. The molecule has 1 aromatic heterocycles. The number of hydrogen-bond donors (Lipinski definition) is 1. The van der Waals surface area contributed by atoms with Gasteiger partial charge in [-0.1, -0.05) is 24.3 Å². The molecule has 3 nitrogen and oxygen atoms in total. The van der Waals surface area contributed by atoms with Gasteiger partial charge in [-0.3, -0.25) is 0 Å². The first kappa shape index (κ1) is 13.1. The summed E-state index contributed by atoms with van der Waals surface area (Å²) in [5.41, 5.74) is 9.23. The van der Waals surface area contributed by atoms with Gasteiger partial charge in [-0.15, -0.1) is 11.3 Å². The molecule has 0 saturated heterocycles. The van der Waals surface area contributed by atoms with Crippen molar-refractivity contribution in [2.24, 2.45) is 5.73 Å². The second-order valence-electron chi connectivity index (χ2n) is 4.52. The summed E-state index contributed by atoms with van der Waals surface area (Å²) in [5.74, 6) is 0. The van der Waals surface area contributed by atoms with Crippen molar-refractivity contribution in [2.75, 3.05) is 11.9 Å². The average molecular weight is 261 g/mol. The Bertz CT molecular complexity index is 514. The maximum atomic E-state index is 5.66. The van der Waals surface area contributed by atoms with Crippen LogP contribution in [0, 0.1) is 13.8 Å². The van der Waals surface area contributed by atoms with Crippen molar-refractivity contribution in [1.29, 1.82) is 0 Å². The zero-order valence-electron chi connectivity index (χ0n) is 11.1. The predicted molar refractivity (Wildman–Crippen MR) is 78.0 cm³/mol. The van der Waals surface area contributed by atoms with E-state index < -0.39 is 0 Å². The highest BCUT2D eigenvalue weighted by Crippen LogP contribution is 2.25. The van der Waals surface area contributed by atoms with E-state index in [0.717, 1.165) is 17.4 Å². The Hall–Kier alpha value is -1.39. The summed E-state index contributed by atoms with van der Waals surface area (Å²) in [6.07, 6.45) is 0. The van der Waals surface area contributed by atoms with Crippen molar-refractivity contribution in [3.63, 3.8) is 0 Å². The molecule has 0 aliphatic carbocycles. The van der Waals surface area contributed by atoms with Gasteiger partial charge in [0.25, 0.3) is 0 Å². The van der Waals surface area contributed by atoms with E-state index in [0.29, 0.717) is 6.54 Å². The highest BCUT2D eigenvalue weighted by atomic mass is 32.1. The molecule has 0 bridgehead atoms. The van der Waals surface area contributed by atoms with Crippen LogP contribution in [-0.4, -0.2) is 12.0 Å². The molecule has 0 radical (unpaired) electrons. The largest absolute Gasteiger partial charge is 0.347 e. The molecule has 96 valence electrons. The van der Waals surface area contributed by atoms with Gasteiger partial charge in [-0.2, -0.15) is 0 Å². The number of aryl methyl sites for hydroxylation is 2. The Morgan fingerprint density at radius 2 is 2.00 bits per heavy atom. The number of rotatable bonds is 4. The number of nitrogens with two attached hydrogens (primary N) is 1. The molecule has 0 atom stereocenters. The van der Waals surface area contributed by atoms with Gasteiger partial charge >= 0.3 is 0 Å². The summed E-state index contributed by atoms with van der Waals surface area (Å²) in [6.45, 7) is 5.62. The fraction of sp³-hybridized carbons (Fsp3) is 0.357. The van der Waals surface area contributed by atoms with Gasteiger partial charge in [-0.05, 0) is 25.0 Å². The third kappa shape index (κ3) is 2.89. The van der Waals surface area contributed by atoms with Crippen LogP contribution in [0.4, 0.5) is 5.13 Å². The van der Waals surface area contributed by atoms with Crippen LogP contribution >= 0.6 is 11.3 Å². The highest BCUT2D eigenvalue weighted by molar-refractivity contribution is 7.15. The summed E-state index contributed by atoms with van der Waals surface area (Å²) in [7, 11) is 2.08. The zero-order valence-corrected chi connectivity index (χ0v) is 11.9. The second-order valence-corrected chi connectivity index (χ2v) is 5.70. The Balaban J connectivity index is 2.13. The maximum Gasteiger partial charge on any atom is 0.185 e. The normalized spacial score (nSPS) is 10.7. The monoisotopic (exact) mass is 261 g/mol. The van der Waals surface area contributed by atoms with Crippen molar-refractivity contribution >= 4 is 16.5 Å². The van der Waals surface area contributed by atoms with Crippen molar-refractivity contribution in [2.45, 2.75) is 26.9 Å². The summed E-state index contributed by atoms with van der Waals surface area (Å²) in [5, 5.41) is 1.07. The lowest BCUT2D eigenvalue weighted by Crippen LogP contribution is -2.16. The van der Waals surface area contributed by atoms with Gasteiger partial charge in [0.05, 0.1) is 5.69 Å². The minimum absolute atomic E-state index is 0.590. The maximum absolute atomic E-state index is 5.66. The summed E-state index contributed by atoms with van der Waals surface area (Å²) < 4.78 is 0. The minimum atomic E-state index is 0.590. The molecule has 1 heterocycles. The highest BCUT2D eigenvalue weighted by Gasteiger charge is 2.09. The Labute approximate surface area is 112 Å². The molecule has 2 N–H and O–H groups in total. The van der Waals surface area contributed by atoms with Crippen LogP contribution in [-0.2, 0) is 13.1 Å². The molecule has 0 saturated carbocycles. The standard InChI is InChI=1S/C14H19N3S/c1-10-11(2)18-14(16-10)17(3)9-13-6-4-5-12(7-13)8-15/h4-7H,8-9,15H2,1-3H3. The molecule has 0 aliphatic rings. The Morgan fingerprint density at radius 1 is 1.28 bits per heavy atom. The van der Waals surface area contributed by atoms with E-state index >= 15 is 0 Å². The van der Waals surface area contributed by atoms with Gasteiger partial charge in [-0.25, -0.2) is 4.98 Å². The van der Waals surface area contributed by atoms with E-state index in [1.165, 1.54) is 16.0 Å². The molecule has 4 heteroatoms. The molecule has 0 aliphatic heterocycles. The van der Waals surface area contributed by atoms with E-state index in [2.05, 4.69) is 55.0 Å². The van der Waals surface area contributed by atoms with Gasteiger partial charge in [0.1, 0.15) is 0 Å². The van der Waals surface area contributed by atoms with Crippen molar-refractivity contribution in [1.82, 2.24) is 4.98 Å². The first-order valence-corrected chi connectivity index (χ1v) is 6.85. The predicted octanol–water partition coefficient (Wildman–Crippen LogP) is 2.86. The molecule has 2 aromatic rings. The third-order valence-electron chi connectivity index (χ3n) is 2.99. The van der Waals surface area contributed by atoms with Crippen molar-refractivity contribution < 1.29 is 0 Å². The number of nitrogens with zero attached hydrogens (tertiary/aromatic N) is 2. The molecule has 0 fully saturated rings. The molecule has 1 aromatic carbocycles. The smallest absolute Gasteiger partial charge is 0.185 e. The molecule has 2 rings (SSSR count). The Morgan fingerprint density at radius 3 is 2.61 bits per heavy atom. The summed E-state index contributed by atoms with van der Waals surface area (Å²) in [4.78, 5) is 8.03. The van der Waals surface area contributed by atoms with E-state index in [4.69, 9.17) is 5.73 Å². The summed E-state index contributed by atoms with van der Waals surface area (Å²) in [6, 6.07) is 8.40. The Kier molecular flexibility index (Phi) is 3.99. The van der Waals surface area contributed by atoms with E-state index in [1.54, 1.807) is 11.3 Å². The molecule has 0 spiro atoms. The van der Waals surface area contributed by atoms with Crippen LogP contribution in [0.15, 0.2) is 24.3 Å². The first-order chi connectivity index (χ1) is 8.60. The van der Waals surface area contributed by atoms with Gasteiger partial charge in [0, 0.05) is 25.0 Å². The number of aromatic nitrogens is 1. The van der Waals surface area contributed by atoms with Gasteiger partial charge < -0.3 is 10.6 Å². The van der Waals surface area contributed by atoms with Crippen molar-refractivity contribution in [3.05, 3.63) is 46.0 Å². The van der Waals surface area contributed by atoms with Crippen LogP contribution in [0.5, 0.6) is 0 Å². The fourth-order valence-electron chi connectivity index (χ4n) is 1.82. The molecular weight excluding hydrogens is 242 g/mol. The van der Waals surface area contributed by atoms with Crippen LogP contribution in [0.25, 0.3) is 0 Å². The zero-order chi connectivity index (χ0) is 13.1. The third-order valence-corrected chi connectivity index (χ3v) is 4.18. The number of thiazole rings is 1. The summed E-state index contributed by atoms with van der Waals surface area (Å²) >= 11 is 1.74. The average Bonchev–Trinajstić information content (AvgIpc) is 2.70. The minimum Gasteiger partial charge on any atom is -0.347 e. The van der Waals surface area contributed by atoms with E-state index in [1.807, 2.05) is 0 Å². The lowest BCUT2D eigenvalue weighted by atomic mass is 10.1. The van der Waals surface area contributed by atoms with Crippen LogP contribution in [0.2, 0.25) is 0 Å². The number of anilines is 1. The van der Waals surface area contributed by atoms with E-state index in [-0.39, 0.29) is 0 Å². The lowest BCUT2D eigenvalue weighted by molar-refractivity contribution is 0.905. The molecule has 0 amide bonds. The van der Waals surface area contributed by atoms with E-state index in [9.17, 15) is 0 Å². The SMILES string of the molecule is Cc1nc(N(C)Cc2cccc(CN)c2)sc1C. The molecule has 0 unspecified atom stereocenters. The molecular formula is C14H19N3S. The second kappa shape index (κ2) is 5.50. The topological polar surface area (TPSA) is 42.2 Å². The quantitative estimate of drug-likeness (QED) is 0.920. The van der Waals surface area contributed by atoms with Crippen molar-refractivity contribution in [3.8, 4) is 0 Å². The lowest BCUT2D eigenvalue weighted by Gasteiger charge is -2.16. The van der Waals surface area contributed by atoms with Gasteiger partial charge in [0.15, 0.2) is 5.13 Å². The fourth-order valence-corrected chi connectivity index (χ4v) is 2.69. The van der Waals surface area contributed by atoms with Crippen LogP contribution in [0.1, 0.15) is 21.7 Å². The number of hydrogen-bond acceptors (Lipinski definition) is 4.